The Morgan fingerprint density at radius 2 is 1.94 bits per heavy atom. The molecule has 18 heavy (non-hydrogen) atoms. The van der Waals surface area contributed by atoms with Gasteiger partial charge in [0, 0.05) is 5.54 Å². The highest BCUT2D eigenvalue weighted by Crippen LogP contribution is 2.11. The zero-order valence-electron chi connectivity index (χ0n) is 11.6. The lowest BCUT2D eigenvalue weighted by Crippen LogP contribution is -2.51. The van der Waals surface area contributed by atoms with Gasteiger partial charge in [-0.15, -0.1) is 0 Å². The average Bonchev–Trinajstić information content (AvgIpc) is 2.29. The van der Waals surface area contributed by atoms with Gasteiger partial charge in [0.1, 0.15) is 0 Å². The van der Waals surface area contributed by atoms with E-state index < -0.39 is 6.04 Å². The van der Waals surface area contributed by atoms with Gasteiger partial charge in [-0.1, -0.05) is 43.7 Å². The number of amides is 1. The van der Waals surface area contributed by atoms with Crippen LogP contribution in [-0.2, 0) is 11.2 Å². The van der Waals surface area contributed by atoms with Gasteiger partial charge in [-0.2, -0.15) is 0 Å². The Morgan fingerprint density at radius 3 is 2.50 bits per heavy atom. The fourth-order valence-corrected chi connectivity index (χ4v) is 2.07. The van der Waals surface area contributed by atoms with Crippen molar-refractivity contribution >= 4 is 5.91 Å². The van der Waals surface area contributed by atoms with Gasteiger partial charge < -0.3 is 11.1 Å². The smallest absolute Gasteiger partial charge is 0.237 e. The summed E-state index contributed by atoms with van der Waals surface area (Å²) < 4.78 is 0. The monoisotopic (exact) mass is 248 g/mol. The van der Waals surface area contributed by atoms with Crippen LogP contribution in [0.25, 0.3) is 0 Å². The topological polar surface area (TPSA) is 55.1 Å². The fraction of sp³-hybridized carbons (Fsp3) is 0.533. The van der Waals surface area contributed by atoms with E-state index in [0.29, 0.717) is 6.42 Å². The maximum absolute atomic E-state index is 12.0. The van der Waals surface area contributed by atoms with E-state index in [0.717, 1.165) is 18.4 Å². The lowest BCUT2D eigenvalue weighted by molar-refractivity contribution is -0.124. The van der Waals surface area contributed by atoms with Crippen molar-refractivity contribution in [1.82, 2.24) is 5.32 Å². The van der Waals surface area contributed by atoms with Crippen molar-refractivity contribution in [1.29, 1.82) is 0 Å². The second kappa shape index (κ2) is 6.55. The van der Waals surface area contributed by atoms with Gasteiger partial charge in [0.25, 0.3) is 0 Å². The van der Waals surface area contributed by atoms with Crippen molar-refractivity contribution < 1.29 is 4.79 Å². The van der Waals surface area contributed by atoms with Crippen LogP contribution in [-0.4, -0.2) is 17.5 Å². The Hall–Kier alpha value is -1.35. The van der Waals surface area contributed by atoms with Gasteiger partial charge in [-0.3, -0.25) is 4.79 Å². The summed E-state index contributed by atoms with van der Waals surface area (Å²) in [5.74, 6) is -0.0719. The van der Waals surface area contributed by atoms with Crippen LogP contribution in [0.5, 0.6) is 0 Å². The molecule has 0 unspecified atom stereocenters. The van der Waals surface area contributed by atoms with E-state index in [1.165, 1.54) is 0 Å². The van der Waals surface area contributed by atoms with Crippen LogP contribution in [0.4, 0.5) is 0 Å². The van der Waals surface area contributed by atoms with Crippen molar-refractivity contribution in [3.05, 3.63) is 35.9 Å². The van der Waals surface area contributed by atoms with E-state index in [-0.39, 0.29) is 11.4 Å². The Bertz CT molecular complexity index is 373. The van der Waals surface area contributed by atoms with E-state index in [9.17, 15) is 4.79 Å². The molecule has 1 aromatic rings. The number of nitrogens with one attached hydrogen (secondary N) is 1. The molecule has 1 aromatic carbocycles. The van der Waals surface area contributed by atoms with Gasteiger partial charge in [0.15, 0.2) is 0 Å². The van der Waals surface area contributed by atoms with Crippen molar-refractivity contribution in [3.8, 4) is 0 Å². The first-order valence-corrected chi connectivity index (χ1v) is 6.56. The van der Waals surface area contributed by atoms with E-state index in [1.54, 1.807) is 0 Å². The maximum Gasteiger partial charge on any atom is 0.237 e. The average molecular weight is 248 g/mol. The summed E-state index contributed by atoms with van der Waals surface area (Å²) in [4.78, 5) is 12.0. The van der Waals surface area contributed by atoms with Gasteiger partial charge >= 0.3 is 0 Å². The van der Waals surface area contributed by atoms with E-state index in [2.05, 4.69) is 12.2 Å². The van der Waals surface area contributed by atoms with Gasteiger partial charge in [-0.05, 0) is 32.3 Å². The molecule has 0 bridgehead atoms. The molecule has 0 heterocycles. The summed E-state index contributed by atoms with van der Waals surface area (Å²) >= 11 is 0. The molecule has 0 spiro atoms. The Morgan fingerprint density at radius 1 is 1.33 bits per heavy atom. The van der Waals surface area contributed by atoms with Gasteiger partial charge in [-0.25, -0.2) is 0 Å². The number of rotatable bonds is 6. The predicted octanol–water partition coefficient (Wildman–Crippen LogP) is 2.25. The molecule has 0 aliphatic rings. The number of hydrogen-bond donors (Lipinski definition) is 2. The van der Waals surface area contributed by atoms with Crippen molar-refractivity contribution in [3.63, 3.8) is 0 Å². The molecule has 1 amide bonds. The van der Waals surface area contributed by atoms with Crippen LogP contribution in [0, 0.1) is 0 Å². The van der Waals surface area contributed by atoms with Gasteiger partial charge in [0.05, 0.1) is 6.04 Å². The third-order valence-corrected chi connectivity index (χ3v) is 2.97. The molecule has 1 rings (SSSR count). The zero-order valence-corrected chi connectivity index (χ0v) is 11.6. The van der Waals surface area contributed by atoms with Crippen molar-refractivity contribution in [2.24, 2.45) is 5.73 Å². The normalized spacial score (nSPS) is 13.1. The molecular formula is C15H24N2O. The summed E-state index contributed by atoms with van der Waals surface area (Å²) in [6, 6.07) is 9.37. The molecule has 0 radical (unpaired) electrons. The first-order chi connectivity index (χ1) is 8.44. The highest BCUT2D eigenvalue weighted by atomic mass is 16.2. The van der Waals surface area contributed by atoms with E-state index in [1.807, 2.05) is 44.2 Å². The third kappa shape index (κ3) is 4.88. The summed E-state index contributed by atoms with van der Waals surface area (Å²) in [5, 5.41) is 3.01. The van der Waals surface area contributed by atoms with Crippen LogP contribution in [0.1, 0.15) is 39.2 Å². The molecule has 0 aromatic heterocycles. The number of carbonyl (C=O) groups is 1. The molecule has 0 aliphatic carbocycles. The van der Waals surface area contributed by atoms with E-state index in [4.69, 9.17) is 5.73 Å². The molecule has 0 saturated heterocycles. The highest BCUT2D eigenvalue weighted by molar-refractivity contribution is 5.82. The van der Waals surface area contributed by atoms with Crippen LogP contribution in [0.3, 0.4) is 0 Å². The summed E-state index contributed by atoms with van der Waals surface area (Å²) in [6.45, 7) is 6.17. The van der Waals surface area contributed by atoms with Gasteiger partial charge in [0.2, 0.25) is 5.91 Å². The minimum absolute atomic E-state index is 0.0719. The lowest BCUT2D eigenvalue weighted by Gasteiger charge is -2.27. The largest absolute Gasteiger partial charge is 0.350 e. The second-order valence-corrected chi connectivity index (χ2v) is 5.42. The quantitative estimate of drug-likeness (QED) is 0.811. The molecule has 0 saturated carbocycles. The third-order valence-electron chi connectivity index (χ3n) is 2.97. The molecule has 0 aliphatic heterocycles. The molecule has 100 valence electrons. The zero-order chi connectivity index (χ0) is 13.6. The van der Waals surface area contributed by atoms with Crippen LogP contribution in [0.2, 0.25) is 0 Å². The molecule has 1 atom stereocenters. The molecular weight excluding hydrogens is 224 g/mol. The molecule has 3 nitrogen and oxygen atoms in total. The first kappa shape index (κ1) is 14.7. The summed E-state index contributed by atoms with van der Waals surface area (Å²) in [6.07, 6.45) is 2.58. The standard InChI is InChI=1S/C15H24N2O/c1-4-10-15(2,3)17-14(18)13(16)11-12-8-6-5-7-9-12/h5-9,13H,4,10-11,16H2,1-3H3,(H,17,18)/t13-/m0/s1. The number of benzene rings is 1. The number of hydrogen-bond acceptors (Lipinski definition) is 2. The van der Waals surface area contributed by atoms with Crippen LogP contribution >= 0.6 is 0 Å². The summed E-state index contributed by atoms with van der Waals surface area (Å²) in [5.41, 5.74) is 6.85. The minimum Gasteiger partial charge on any atom is -0.350 e. The highest BCUT2D eigenvalue weighted by Gasteiger charge is 2.22. The molecule has 3 heteroatoms. The van der Waals surface area contributed by atoms with Crippen LogP contribution < -0.4 is 11.1 Å². The maximum atomic E-state index is 12.0. The van der Waals surface area contributed by atoms with Crippen molar-refractivity contribution in [2.75, 3.05) is 0 Å². The second-order valence-electron chi connectivity index (χ2n) is 5.42. The fourth-order valence-electron chi connectivity index (χ4n) is 2.07. The molecule has 0 fully saturated rings. The minimum atomic E-state index is -0.483. The number of nitrogens with two attached hydrogens (primary N) is 1. The Kier molecular flexibility index (Phi) is 5.35. The Balaban J connectivity index is 2.52. The molecule has 3 N–H and O–H groups in total. The lowest BCUT2D eigenvalue weighted by atomic mass is 9.97. The number of carbonyl (C=O) groups excluding carboxylic acids is 1. The first-order valence-electron chi connectivity index (χ1n) is 6.56. The summed E-state index contributed by atoms with van der Waals surface area (Å²) in [7, 11) is 0. The van der Waals surface area contributed by atoms with E-state index >= 15 is 0 Å². The Labute approximate surface area is 110 Å². The van der Waals surface area contributed by atoms with Crippen LogP contribution in [0.15, 0.2) is 30.3 Å². The predicted molar refractivity (Wildman–Crippen MR) is 75.3 cm³/mol. The SMILES string of the molecule is CCCC(C)(C)NC(=O)[C@@H](N)Cc1ccccc1. The van der Waals surface area contributed by atoms with Crippen molar-refractivity contribution in [2.45, 2.75) is 51.6 Å².